The van der Waals surface area contributed by atoms with Crippen LogP contribution in [0.1, 0.15) is 19.3 Å². The predicted octanol–water partition coefficient (Wildman–Crippen LogP) is 0.295. The van der Waals surface area contributed by atoms with Gasteiger partial charge in [0.1, 0.15) is 0 Å². The zero-order valence-electron chi connectivity index (χ0n) is 10.7. The number of nitrogens with zero attached hydrogens (tertiary/aromatic N) is 3. The molecule has 7 nitrogen and oxygen atoms in total. The summed E-state index contributed by atoms with van der Waals surface area (Å²) in [6.45, 7) is 0.698. The van der Waals surface area contributed by atoms with Crippen molar-refractivity contribution < 1.29 is 18.3 Å². The van der Waals surface area contributed by atoms with Gasteiger partial charge in [-0.25, -0.2) is 8.42 Å². The summed E-state index contributed by atoms with van der Waals surface area (Å²) in [5.74, 6) is -1.00. The molecule has 0 aromatic carbocycles. The lowest BCUT2D eigenvalue weighted by Crippen LogP contribution is -2.41. The highest BCUT2D eigenvalue weighted by Gasteiger charge is 2.32. The van der Waals surface area contributed by atoms with Crippen LogP contribution in [0.5, 0.6) is 0 Å². The molecule has 1 aliphatic heterocycles. The van der Waals surface area contributed by atoms with Crippen LogP contribution < -0.4 is 0 Å². The maximum absolute atomic E-state index is 12.4. The van der Waals surface area contributed by atoms with Gasteiger partial charge in [0.2, 0.25) is 0 Å². The molecule has 1 atom stereocenters. The molecule has 0 radical (unpaired) electrons. The van der Waals surface area contributed by atoms with Crippen LogP contribution >= 0.6 is 0 Å². The van der Waals surface area contributed by atoms with Gasteiger partial charge in [-0.1, -0.05) is 0 Å². The van der Waals surface area contributed by atoms with Crippen LogP contribution in [0.15, 0.2) is 17.3 Å². The normalized spacial score (nSPS) is 21.4. The number of carboxylic acids is 1. The summed E-state index contributed by atoms with van der Waals surface area (Å²) in [4.78, 5) is 10.7. The number of sulfonamides is 1. The van der Waals surface area contributed by atoms with Gasteiger partial charge in [-0.05, 0) is 24.8 Å². The molecule has 1 N–H and O–H groups in total. The van der Waals surface area contributed by atoms with Crippen molar-refractivity contribution in [2.75, 3.05) is 13.1 Å². The number of aryl methyl sites for hydroxylation is 1. The lowest BCUT2D eigenvalue weighted by molar-refractivity contribution is -0.138. The van der Waals surface area contributed by atoms with Crippen LogP contribution in [-0.2, 0) is 21.9 Å². The average molecular weight is 287 g/mol. The number of rotatable bonds is 4. The highest BCUT2D eigenvalue weighted by atomic mass is 32.2. The molecule has 2 rings (SSSR count). The molecule has 1 aromatic rings. The SMILES string of the molecule is Cn1nccc1S(=O)(=O)N1CCCC(CC(=O)O)C1. The molecular formula is C11H17N3O4S. The average Bonchev–Trinajstić information content (AvgIpc) is 2.75. The lowest BCUT2D eigenvalue weighted by atomic mass is 9.96. The maximum Gasteiger partial charge on any atom is 0.303 e. The smallest absolute Gasteiger partial charge is 0.303 e. The first-order valence-electron chi connectivity index (χ1n) is 6.11. The number of carboxylic acid groups (broad SMARTS) is 1. The second kappa shape index (κ2) is 5.30. The third-order valence-corrected chi connectivity index (χ3v) is 5.27. The first-order chi connectivity index (χ1) is 8.91. The van der Waals surface area contributed by atoms with Crippen LogP contribution in [0.4, 0.5) is 0 Å². The minimum Gasteiger partial charge on any atom is -0.481 e. The van der Waals surface area contributed by atoms with Gasteiger partial charge >= 0.3 is 5.97 Å². The molecule has 8 heteroatoms. The molecule has 19 heavy (non-hydrogen) atoms. The minimum atomic E-state index is -3.58. The number of piperidine rings is 1. The largest absolute Gasteiger partial charge is 0.481 e. The van der Waals surface area contributed by atoms with E-state index < -0.39 is 16.0 Å². The monoisotopic (exact) mass is 287 g/mol. The summed E-state index contributed by atoms with van der Waals surface area (Å²) >= 11 is 0. The summed E-state index contributed by atoms with van der Waals surface area (Å²) in [6, 6.07) is 1.45. The van der Waals surface area contributed by atoms with E-state index in [1.807, 2.05) is 0 Å². The molecule has 1 aliphatic rings. The second-order valence-electron chi connectivity index (χ2n) is 4.76. The lowest BCUT2D eigenvalue weighted by Gasteiger charge is -2.31. The Balaban J connectivity index is 2.17. The number of aliphatic carboxylic acids is 1. The first-order valence-corrected chi connectivity index (χ1v) is 7.55. The first kappa shape index (κ1) is 14.0. The van der Waals surface area contributed by atoms with Crippen molar-refractivity contribution in [2.24, 2.45) is 13.0 Å². The van der Waals surface area contributed by atoms with Crippen LogP contribution in [-0.4, -0.2) is 46.7 Å². The molecular weight excluding hydrogens is 270 g/mol. The van der Waals surface area contributed by atoms with Crippen molar-refractivity contribution in [1.29, 1.82) is 0 Å². The zero-order chi connectivity index (χ0) is 14.0. The Morgan fingerprint density at radius 2 is 2.32 bits per heavy atom. The van der Waals surface area contributed by atoms with Crippen LogP contribution in [0.25, 0.3) is 0 Å². The van der Waals surface area contributed by atoms with E-state index >= 15 is 0 Å². The Morgan fingerprint density at radius 3 is 2.89 bits per heavy atom. The van der Waals surface area contributed by atoms with Crippen molar-refractivity contribution in [3.8, 4) is 0 Å². The van der Waals surface area contributed by atoms with E-state index in [1.165, 1.54) is 21.3 Å². The minimum absolute atomic E-state index is 0.0113. The Bertz CT molecular complexity index is 566. The van der Waals surface area contributed by atoms with Crippen molar-refractivity contribution in [2.45, 2.75) is 24.3 Å². The molecule has 1 aromatic heterocycles. The van der Waals surface area contributed by atoms with E-state index in [4.69, 9.17) is 5.11 Å². The topological polar surface area (TPSA) is 92.5 Å². The van der Waals surface area contributed by atoms with Crippen LogP contribution in [0, 0.1) is 5.92 Å². The van der Waals surface area contributed by atoms with Gasteiger partial charge in [-0.3, -0.25) is 9.48 Å². The van der Waals surface area contributed by atoms with Gasteiger partial charge in [-0.15, -0.1) is 0 Å². The van der Waals surface area contributed by atoms with Crippen molar-refractivity contribution in [3.05, 3.63) is 12.3 Å². The van der Waals surface area contributed by atoms with E-state index in [0.717, 1.165) is 6.42 Å². The Hall–Kier alpha value is -1.41. The summed E-state index contributed by atoms with van der Waals surface area (Å²) in [7, 11) is -2.00. The fourth-order valence-electron chi connectivity index (χ4n) is 2.41. The van der Waals surface area contributed by atoms with Crippen molar-refractivity contribution in [3.63, 3.8) is 0 Å². The highest BCUT2D eigenvalue weighted by Crippen LogP contribution is 2.25. The quantitative estimate of drug-likeness (QED) is 0.859. The molecule has 0 aliphatic carbocycles. The van der Waals surface area contributed by atoms with Gasteiger partial charge in [-0.2, -0.15) is 9.40 Å². The van der Waals surface area contributed by atoms with Crippen LogP contribution in [0.3, 0.4) is 0 Å². The van der Waals surface area contributed by atoms with Gasteiger partial charge < -0.3 is 5.11 Å². The van der Waals surface area contributed by atoms with Crippen LogP contribution in [0.2, 0.25) is 0 Å². The molecule has 0 amide bonds. The van der Waals surface area contributed by atoms with E-state index in [-0.39, 0.29) is 23.9 Å². The molecule has 106 valence electrons. The van der Waals surface area contributed by atoms with E-state index in [2.05, 4.69) is 5.10 Å². The number of carbonyl (C=O) groups is 1. The Morgan fingerprint density at radius 1 is 1.58 bits per heavy atom. The summed E-state index contributed by atoms with van der Waals surface area (Å²) in [6.07, 6.45) is 2.89. The van der Waals surface area contributed by atoms with Crippen molar-refractivity contribution in [1.82, 2.24) is 14.1 Å². The standard InChI is InChI=1S/C11H17N3O4S/c1-13-10(4-5-12-13)19(17,18)14-6-2-3-9(8-14)7-11(15)16/h4-5,9H,2-3,6-8H2,1H3,(H,15,16). The molecule has 0 saturated carbocycles. The third kappa shape index (κ3) is 2.95. The highest BCUT2D eigenvalue weighted by molar-refractivity contribution is 7.89. The second-order valence-corrected chi connectivity index (χ2v) is 6.65. The number of hydrogen-bond donors (Lipinski definition) is 1. The number of aromatic nitrogens is 2. The maximum atomic E-state index is 12.4. The van der Waals surface area contributed by atoms with Gasteiger partial charge in [0, 0.05) is 26.6 Å². The van der Waals surface area contributed by atoms with Gasteiger partial charge in [0.25, 0.3) is 10.0 Å². The molecule has 2 heterocycles. The molecule has 0 spiro atoms. The summed E-state index contributed by atoms with van der Waals surface area (Å²) < 4.78 is 27.5. The van der Waals surface area contributed by atoms with Gasteiger partial charge in [0.05, 0.1) is 6.20 Å². The van der Waals surface area contributed by atoms with Crippen molar-refractivity contribution >= 4 is 16.0 Å². The molecule has 1 fully saturated rings. The summed E-state index contributed by atoms with van der Waals surface area (Å²) in [5.41, 5.74) is 0. The molecule has 1 saturated heterocycles. The predicted molar refractivity (Wildman–Crippen MR) is 66.9 cm³/mol. The van der Waals surface area contributed by atoms with E-state index in [0.29, 0.717) is 13.0 Å². The zero-order valence-corrected chi connectivity index (χ0v) is 11.5. The van der Waals surface area contributed by atoms with E-state index in [9.17, 15) is 13.2 Å². The van der Waals surface area contributed by atoms with E-state index in [1.54, 1.807) is 7.05 Å². The van der Waals surface area contributed by atoms with Gasteiger partial charge in [0.15, 0.2) is 5.03 Å². The Kier molecular flexibility index (Phi) is 3.91. The molecule has 1 unspecified atom stereocenters. The fraction of sp³-hybridized carbons (Fsp3) is 0.636. The molecule has 0 bridgehead atoms. The fourth-order valence-corrected chi connectivity index (χ4v) is 4.06. The number of hydrogen-bond acceptors (Lipinski definition) is 4. The third-order valence-electron chi connectivity index (χ3n) is 3.33. The summed E-state index contributed by atoms with van der Waals surface area (Å²) in [5, 5.41) is 12.8. The Labute approximate surface area is 111 Å².